The Labute approximate surface area is 121 Å². The molecule has 0 saturated heterocycles. The molecule has 19 heavy (non-hydrogen) atoms. The Kier molecular flexibility index (Phi) is 4.39. The van der Waals surface area contributed by atoms with Gasteiger partial charge in [-0.3, -0.25) is 9.59 Å². The maximum atomic E-state index is 12.0. The van der Waals surface area contributed by atoms with Crippen LogP contribution in [-0.2, 0) is 0 Å². The van der Waals surface area contributed by atoms with Crippen LogP contribution in [0.15, 0.2) is 44.8 Å². The Balaban J connectivity index is 2.09. The lowest BCUT2D eigenvalue weighted by Crippen LogP contribution is -2.11. The predicted molar refractivity (Wildman–Crippen MR) is 78.5 cm³/mol. The van der Waals surface area contributed by atoms with Crippen LogP contribution in [0.4, 0.5) is 5.82 Å². The number of carbonyl (C=O) groups is 1. The molecule has 0 aliphatic heterocycles. The molecule has 1 aromatic heterocycles. The summed E-state index contributed by atoms with van der Waals surface area (Å²) in [5.74, 6) is 0.261. The summed E-state index contributed by atoms with van der Waals surface area (Å²) < 4.78 is 0.745. The van der Waals surface area contributed by atoms with Gasteiger partial charge in [-0.05, 0) is 6.07 Å². The van der Waals surface area contributed by atoms with Gasteiger partial charge in [-0.1, -0.05) is 45.9 Å². The molecule has 0 atom stereocenters. The number of hydrogen-bond donors (Lipinski definition) is 2. The third-order valence-electron chi connectivity index (χ3n) is 2.25. The number of anilines is 1. The molecule has 0 saturated carbocycles. The molecule has 0 spiro atoms. The predicted octanol–water partition coefficient (Wildman–Crippen LogP) is 2.09. The van der Waals surface area contributed by atoms with Crippen molar-refractivity contribution in [2.24, 2.45) is 0 Å². The van der Waals surface area contributed by atoms with Crippen LogP contribution in [0.2, 0.25) is 0 Å². The zero-order chi connectivity index (χ0) is 13.8. The number of aromatic nitrogens is 2. The van der Waals surface area contributed by atoms with Crippen molar-refractivity contribution in [2.75, 3.05) is 11.5 Å². The maximum Gasteiger partial charge on any atom is 0.253 e. The second-order valence-electron chi connectivity index (χ2n) is 3.67. The van der Waals surface area contributed by atoms with E-state index in [2.05, 4.69) is 25.9 Å². The van der Waals surface area contributed by atoms with Gasteiger partial charge < -0.3 is 10.7 Å². The number of ketones is 1. The van der Waals surface area contributed by atoms with E-state index < -0.39 is 0 Å². The summed E-state index contributed by atoms with van der Waals surface area (Å²) >= 11 is 4.47. The van der Waals surface area contributed by atoms with Gasteiger partial charge in [0.25, 0.3) is 5.56 Å². The van der Waals surface area contributed by atoms with E-state index in [0.717, 1.165) is 16.2 Å². The van der Waals surface area contributed by atoms with E-state index in [4.69, 9.17) is 5.73 Å². The van der Waals surface area contributed by atoms with E-state index in [1.165, 1.54) is 6.07 Å². The second kappa shape index (κ2) is 6.03. The van der Waals surface area contributed by atoms with E-state index in [-0.39, 0.29) is 22.9 Å². The van der Waals surface area contributed by atoms with Crippen molar-refractivity contribution in [1.29, 1.82) is 0 Å². The number of nitrogens with zero attached hydrogens (tertiary/aromatic N) is 1. The van der Waals surface area contributed by atoms with Crippen LogP contribution in [0, 0.1) is 0 Å². The first-order chi connectivity index (χ1) is 9.06. The number of nitrogens with one attached hydrogen (secondary N) is 1. The second-order valence-corrected chi connectivity index (χ2v) is 5.49. The van der Waals surface area contributed by atoms with Gasteiger partial charge in [0.2, 0.25) is 0 Å². The average Bonchev–Trinajstić information content (AvgIpc) is 2.35. The maximum absolute atomic E-state index is 12.0. The van der Waals surface area contributed by atoms with E-state index in [1.807, 2.05) is 6.07 Å². The van der Waals surface area contributed by atoms with Crippen LogP contribution in [0.25, 0.3) is 0 Å². The van der Waals surface area contributed by atoms with Crippen molar-refractivity contribution in [2.45, 2.75) is 5.16 Å². The standard InChI is InChI=1S/C12H10BrN3O2S/c13-8-4-2-1-3-7(8)9(17)6-19-12-15-10(14)5-11(18)16-12/h1-5H,6H2,(H3,14,15,16,18). The molecule has 1 aromatic carbocycles. The lowest BCUT2D eigenvalue weighted by Gasteiger charge is -2.03. The Bertz CT molecular complexity index is 672. The summed E-state index contributed by atoms with van der Waals surface area (Å²) in [6.07, 6.45) is 0. The van der Waals surface area contributed by atoms with Gasteiger partial charge in [-0.25, -0.2) is 4.98 Å². The van der Waals surface area contributed by atoms with Crippen molar-refractivity contribution in [3.05, 3.63) is 50.7 Å². The molecule has 0 unspecified atom stereocenters. The summed E-state index contributed by atoms with van der Waals surface area (Å²) in [4.78, 5) is 29.7. The summed E-state index contributed by atoms with van der Waals surface area (Å²) in [6, 6.07) is 8.37. The molecule has 0 aliphatic carbocycles. The smallest absolute Gasteiger partial charge is 0.253 e. The first kappa shape index (κ1) is 13.8. The molecule has 0 bridgehead atoms. The molecule has 0 aliphatic rings. The van der Waals surface area contributed by atoms with E-state index in [1.54, 1.807) is 18.2 Å². The highest BCUT2D eigenvalue weighted by atomic mass is 79.9. The SMILES string of the molecule is Nc1cc(=O)[nH]c(SCC(=O)c2ccccc2Br)n1. The van der Waals surface area contributed by atoms with Gasteiger partial charge in [0.05, 0.1) is 5.75 Å². The fourth-order valence-corrected chi connectivity index (χ4v) is 2.69. The van der Waals surface area contributed by atoms with Gasteiger partial charge in [-0.15, -0.1) is 0 Å². The minimum absolute atomic E-state index is 0.0532. The van der Waals surface area contributed by atoms with Crippen LogP contribution in [0.1, 0.15) is 10.4 Å². The molecule has 7 heteroatoms. The van der Waals surface area contributed by atoms with E-state index in [9.17, 15) is 9.59 Å². The van der Waals surface area contributed by atoms with Gasteiger partial charge in [0, 0.05) is 16.1 Å². The minimum atomic E-state index is -0.330. The zero-order valence-corrected chi connectivity index (χ0v) is 12.1. The molecular formula is C12H10BrN3O2S. The molecule has 3 N–H and O–H groups in total. The highest BCUT2D eigenvalue weighted by Crippen LogP contribution is 2.20. The number of halogens is 1. The minimum Gasteiger partial charge on any atom is -0.383 e. The number of Topliss-reactive ketones (excluding diaryl/α,β-unsaturated/α-hetero) is 1. The highest BCUT2D eigenvalue weighted by Gasteiger charge is 2.10. The number of rotatable bonds is 4. The fraction of sp³-hybridized carbons (Fsp3) is 0.0833. The van der Waals surface area contributed by atoms with Crippen LogP contribution in [-0.4, -0.2) is 21.5 Å². The van der Waals surface area contributed by atoms with Gasteiger partial charge in [0.1, 0.15) is 5.82 Å². The molecule has 2 aromatic rings. The lowest BCUT2D eigenvalue weighted by molar-refractivity contribution is 0.102. The van der Waals surface area contributed by atoms with Crippen molar-refractivity contribution in [3.63, 3.8) is 0 Å². The Morgan fingerprint density at radius 3 is 2.84 bits per heavy atom. The monoisotopic (exact) mass is 339 g/mol. The van der Waals surface area contributed by atoms with E-state index >= 15 is 0 Å². The molecule has 98 valence electrons. The van der Waals surface area contributed by atoms with Crippen LogP contribution < -0.4 is 11.3 Å². The van der Waals surface area contributed by atoms with Gasteiger partial charge in [-0.2, -0.15) is 0 Å². The molecule has 0 amide bonds. The summed E-state index contributed by atoms with van der Waals surface area (Å²) in [5, 5.41) is 0.338. The topological polar surface area (TPSA) is 88.8 Å². The first-order valence-electron chi connectivity index (χ1n) is 5.33. The third-order valence-corrected chi connectivity index (χ3v) is 3.82. The molecule has 1 heterocycles. The van der Waals surface area contributed by atoms with Gasteiger partial charge in [0.15, 0.2) is 10.9 Å². The Morgan fingerprint density at radius 2 is 2.16 bits per heavy atom. The quantitative estimate of drug-likeness (QED) is 0.505. The number of H-pyrrole nitrogens is 1. The van der Waals surface area contributed by atoms with Crippen LogP contribution in [0.5, 0.6) is 0 Å². The normalized spacial score (nSPS) is 10.4. The van der Waals surface area contributed by atoms with Crippen molar-refractivity contribution >= 4 is 39.3 Å². The van der Waals surface area contributed by atoms with Crippen LogP contribution in [0.3, 0.4) is 0 Å². The lowest BCUT2D eigenvalue weighted by atomic mass is 10.1. The largest absolute Gasteiger partial charge is 0.383 e. The number of benzene rings is 1. The third kappa shape index (κ3) is 3.68. The van der Waals surface area contributed by atoms with Crippen molar-refractivity contribution in [3.8, 4) is 0 Å². The Morgan fingerprint density at radius 1 is 1.42 bits per heavy atom. The molecule has 0 fully saturated rings. The molecular weight excluding hydrogens is 330 g/mol. The summed E-state index contributed by atoms with van der Waals surface area (Å²) in [6.45, 7) is 0. The molecule has 0 radical (unpaired) electrons. The average molecular weight is 340 g/mol. The Hall–Kier alpha value is -1.60. The number of nitrogen functional groups attached to an aromatic ring is 1. The summed E-state index contributed by atoms with van der Waals surface area (Å²) in [7, 11) is 0. The van der Waals surface area contributed by atoms with Crippen molar-refractivity contribution < 1.29 is 4.79 Å². The zero-order valence-electron chi connectivity index (χ0n) is 9.72. The van der Waals surface area contributed by atoms with E-state index in [0.29, 0.717) is 10.7 Å². The number of hydrogen-bond acceptors (Lipinski definition) is 5. The van der Waals surface area contributed by atoms with Crippen molar-refractivity contribution in [1.82, 2.24) is 9.97 Å². The first-order valence-corrected chi connectivity index (χ1v) is 7.11. The molecule has 5 nitrogen and oxygen atoms in total. The number of carbonyl (C=O) groups excluding carboxylic acids is 1. The van der Waals surface area contributed by atoms with Crippen LogP contribution >= 0.6 is 27.7 Å². The summed E-state index contributed by atoms with van der Waals surface area (Å²) in [5.41, 5.74) is 5.73. The fourth-order valence-electron chi connectivity index (χ4n) is 1.42. The number of thioether (sulfide) groups is 1. The number of aromatic amines is 1. The molecule has 2 rings (SSSR count). The highest BCUT2D eigenvalue weighted by molar-refractivity contribution is 9.10. The number of nitrogens with two attached hydrogens (primary N) is 1. The van der Waals surface area contributed by atoms with Gasteiger partial charge >= 0.3 is 0 Å².